The summed E-state index contributed by atoms with van der Waals surface area (Å²) in [6.45, 7) is 0. The number of hydrogen-bond donors (Lipinski definition) is 0. The van der Waals surface area contributed by atoms with Crippen LogP contribution in [-0.2, 0) is 0 Å². The van der Waals surface area contributed by atoms with E-state index in [4.69, 9.17) is 0 Å². The second-order valence-electron chi connectivity index (χ2n) is 0. The van der Waals surface area contributed by atoms with Gasteiger partial charge in [0.1, 0.15) is 0 Å². The van der Waals surface area contributed by atoms with Gasteiger partial charge in [0.15, 0.2) is 0 Å². The Balaban J connectivity index is 0. The molecular formula is H6BrNaO3. The summed E-state index contributed by atoms with van der Waals surface area (Å²) in [4.78, 5) is 0. The van der Waals surface area contributed by atoms with Crippen LogP contribution in [0.5, 0.6) is 0 Å². The molecule has 0 heterocycles. The Hall–Kier alpha value is 1.36. The maximum Gasteiger partial charge on any atom is 1.00 e. The van der Waals surface area contributed by atoms with Gasteiger partial charge in [-0.3, -0.25) is 0 Å². The number of halogens is 1. The number of hydrogen-bond acceptors (Lipinski definition) is 0. The maximum absolute atomic E-state index is 0. The molecule has 0 atom stereocenters. The van der Waals surface area contributed by atoms with Crippen molar-refractivity contribution in [3.05, 3.63) is 0 Å². The van der Waals surface area contributed by atoms with E-state index >= 15 is 0 Å². The van der Waals surface area contributed by atoms with Crippen molar-refractivity contribution in [1.82, 2.24) is 0 Å². The van der Waals surface area contributed by atoms with Gasteiger partial charge in [-0.1, -0.05) is 0 Å². The van der Waals surface area contributed by atoms with Crippen LogP contribution in [0, 0.1) is 0 Å². The third kappa shape index (κ3) is 32.7. The van der Waals surface area contributed by atoms with Crippen molar-refractivity contribution in [2.75, 3.05) is 0 Å². The predicted octanol–water partition coefficient (Wildman–Crippen LogP) is -8.47. The Morgan fingerprint density at radius 3 is 0.600 bits per heavy atom. The van der Waals surface area contributed by atoms with E-state index < -0.39 is 0 Å². The average molecular weight is 157 g/mol. The van der Waals surface area contributed by atoms with Gasteiger partial charge in [0.2, 0.25) is 0 Å². The molecule has 0 radical (unpaired) electrons. The molecule has 0 unspecified atom stereocenters. The van der Waals surface area contributed by atoms with Crippen molar-refractivity contribution in [3.8, 4) is 0 Å². The summed E-state index contributed by atoms with van der Waals surface area (Å²) < 4.78 is 0. The molecule has 0 aliphatic heterocycles. The third-order valence-electron chi connectivity index (χ3n) is 0. The minimum atomic E-state index is 0. The first kappa shape index (κ1) is 98.8. The van der Waals surface area contributed by atoms with Crippen LogP contribution in [0.2, 0.25) is 0 Å². The van der Waals surface area contributed by atoms with Gasteiger partial charge in [-0.2, -0.15) is 0 Å². The zero-order chi connectivity index (χ0) is 0. The van der Waals surface area contributed by atoms with Gasteiger partial charge >= 0.3 is 29.6 Å². The van der Waals surface area contributed by atoms with Crippen molar-refractivity contribution < 1.29 is 63.0 Å². The largest absolute Gasteiger partial charge is 1.00 e. The standard InChI is InChI=1S/BrH.Na.3H2O/h1H;;3*1H2/q;+1;;;/p-1. The van der Waals surface area contributed by atoms with Gasteiger partial charge in [0.25, 0.3) is 0 Å². The molecular weight excluding hydrogens is 151 g/mol. The maximum atomic E-state index is 0. The van der Waals surface area contributed by atoms with E-state index in [1.807, 2.05) is 0 Å². The molecule has 0 aliphatic carbocycles. The summed E-state index contributed by atoms with van der Waals surface area (Å²) >= 11 is 0. The van der Waals surface area contributed by atoms with E-state index in [-0.39, 0.29) is 63.0 Å². The van der Waals surface area contributed by atoms with E-state index in [0.717, 1.165) is 0 Å². The minimum absolute atomic E-state index is 0. The monoisotopic (exact) mass is 156 g/mol. The number of rotatable bonds is 0. The zero-order valence-corrected chi connectivity index (χ0v) is 6.46. The van der Waals surface area contributed by atoms with Crippen molar-refractivity contribution in [3.63, 3.8) is 0 Å². The second kappa shape index (κ2) is 55.1. The van der Waals surface area contributed by atoms with Crippen molar-refractivity contribution in [1.29, 1.82) is 0 Å². The summed E-state index contributed by atoms with van der Waals surface area (Å²) in [6, 6.07) is 0. The van der Waals surface area contributed by atoms with Crippen molar-refractivity contribution >= 4 is 0 Å². The van der Waals surface area contributed by atoms with Gasteiger partial charge < -0.3 is 33.4 Å². The van der Waals surface area contributed by atoms with Gasteiger partial charge in [0, 0.05) is 0 Å². The minimum Gasteiger partial charge on any atom is -1.00 e. The molecule has 32 valence electrons. The van der Waals surface area contributed by atoms with Crippen LogP contribution in [0.1, 0.15) is 0 Å². The van der Waals surface area contributed by atoms with E-state index in [0.29, 0.717) is 0 Å². The molecule has 0 aromatic heterocycles. The molecule has 0 aliphatic rings. The molecule has 3 nitrogen and oxygen atoms in total. The van der Waals surface area contributed by atoms with Crippen LogP contribution >= 0.6 is 0 Å². The fraction of sp³-hybridized carbons (Fsp3) is 0. The van der Waals surface area contributed by atoms with Crippen molar-refractivity contribution in [2.45, 2.75) is 0 Å². The Morgan fingerprint density at radius 1 is 0.600 bits per heavy atom. The van der Waals surface area contributed by atoms with Crippen LogP contribution < -0.4 is 46.5 Å². The molecule has 0 bridgehead atoms. The molecule has 0 aromatic carbocycles. The fourth-order valence-corrected chi connectivity index (χ4v) is 0. The Labute approximate surface area is 62.7 Å². The summed E-state index contributed by atoms with van der Waals surface area (Å²) in [5.74, 6) is 0. The normalized spacial score (nSPS) is 0. The molecule has 0 aromatic rings. The molecule has 5 heteroatoms. The van der Waals surface area contributed by atoms with Gasteiger partial charge in [-0.05, 0) is 0 Å². The smallest absolute Gasteiger partial charge is 1.00 e. The summed E-state index contributed by atoms with van der Waals surface area (Å²) in [6.07, 6.45) is 0. The first-order valence-electron chi connectivity index (χ1n) is 0. The van der Waals surface area contributed by atoms with E-state index in [9.17, 15) is 0 Å². The van der Waals surface area contributed by atoms with Crippen molar-refractivity contribution in [2.24, 2.45) is 0 Å². The first-order chi connectivity index (χ1) is 0. The Morgan fingerprint density at radius 2 is 0.600 bits per heavy atom. The first-order valence-corrected chi connectivity index (χ1v) is 0. The third-order valence-corrected chi connectivity index (χ3v) is 0. The molecule has 0 spiro atoms. The molecule has 0 fully saturated rings. The molecule has 6 N–H and O–H groups in total. The predicted molar refractivity (Wildman–Crippen MR) is 10.8 cm³/mol. The molecule has 0 saturated heterocycles. The van der Waals surface area contributed by atoms with Crippen LogP contribution in [-0.4, -0.2) is 16.4 Å². The Kier molecular flexibility index (Phi) is 1090. The fourth-order valence-electron chi connectivity index (χ4n) is 0. The van der Waals surface area contributed by atoms with Crippen LogP contribution in [0.4, 0.5) is 0 Å². The molecule has 0 saturated carbocycles. The van der Waals surface area contributed by atoms with E-state index in [1.54, 1.807) is 0 Å². The van der Waals surface area contributed by atoms with Crippen LogP contribution in [0.3, 0.4) is 0 Å². The van der Waals surface area contributed by atoms with E-state index in [1.165, 1.54) is 0 Å². The van der Waals surface area contributed by atoms with E-state index in [2.05, 4.69) is 0 Å². The average Bonchev–Trinajstić information content (AvgIpc) is 0. The summed E-state index contributed by atoms with van der Waals surface area (Å²) in [5.41, 5.74) is 0. The topological polar surface area (TPSA) is 94.5 Å². The van der Waals surface area contributed by atoms with Gasteiger partial charge in [-0.15, -0.1) is 0 Å². The summed E-state index contributed by atoms with van der Waals surface area (Å²) in [5, 5.41) is 0. The molecule has 5 heavy (non-hydrogen) atoms. The SMILES string of the molecule is O.O.O.[Br-].[Na+]. The molecule has 0 amide bonds. The van der Waals surface area contributed by atoms with Gasteiger partial charge in [-0.25, -0.2) is 0 Å². The van der Waals surface area contributed by atoms with Crippen LogP contribution in [0.15, 0.2) is 0 Å². The quantitative estimate of drug-likeness (QED) is 0.312. The Bertz CT molecular complexity index is 6.85. The summed E-state index contributed by atoms with van der Waals surface area (Å²) in [7, 11) is 0. The van der Waals surface area contributed by atoms with Crippen LogP contribution in [0.25, 0.3) is 0 Å². The van der Waals surface area contributed by atoms with Gasteiger partial charge in [0.05, 0.1) is 0 Å². The molecule has 0 rings (SSSR count). The zero-order valence-electron chi connectivity index (χ0n) is 2.88. The second-order valence-corrected chi connectivity index (χ2v) is 0.